The van der Waals surface area contributed by atoms with Gasteiger partial charge >= 0.3 is 0 Å². The van der Waals surface area contributed by atoms with Crippen LogP contribution in [-0.2, 0) is 4.79 Å². The molecule has 2 saturated heterocycles. The third-order valence-electron chi connectivity index (χ3n) is 7.28. The van der Waals surface area contributed by atoms with Gasteiger partial charge in [0.2, 0.25) is 5.91 Å². The molecular weight excluding hydrogens is 529 g/mol. The summed E-state index contributed by atoms with van der Waals surface area (Å²) in [6, 6.07) is 8.58. The van der Waals surface area contributed by atoms with Gasteiger partial charge in [-0.05, 0) is 43.7 Å². The Morgan fingerprint density at radius 2 is 1.94 bits per heavy atom. The summed E-state index contributed by atoms with van der Waals surface area (Å²) in [4.78, 5) is 21.8. The van der Waals surface area contributed by atoms with E-state index in [1.807, 2.05) is 13.1 Å². The number of guanidine groups is 1. The maximum Gasteiger partial charge on any atom is 0.225 e. The van der Waals surface area contributed by atoms with Crippen molar-refractivity contribution in [2.75, 3.05) is 51.8 Å². The number of nitrogens with zero attached hydrogens (tertiary/aromatic N) is 3. The lowest BCUT2D eigenvalue weighted by Gasteiger charge is -2.26. The van der Waals surface area contributed by atoms with Crippen molar-refractivity contribution in [2.45, 2.75) is 51.0 Å². The number of methoxy groups -OCH3 is 1. The fourth-order valence-electron chi connectivity index (χ4n) is 5.36. The van der Waals surface area contributed by atoms with Gasteiger partial charge in [0.1, 0.15) is 5.75 Å². The molecule has 2 atom stereocenters. The van der Waals surface area contributed by atoms with Crippen LogP contribution in [0.2, 0.25) is 0 Å². The second kappa shape index (κ2) is 12.7. The molecule has 1 amide bonds. The fourth-order valence-corrected chi connectivity index (χ4v) is 5.36. The van der Waals surface area contributed by atoms with Crippen molar-refractivity contribution in [1.82, 2.24) is 15.5 Å². The summed E-state index contributed by atoms with van der Waals surface area (Å²) >= 11 is 0. The fraction of sp³-hybridized carbons (Fsp3) is 0.680. The van der Waals surface area contributed by atoms with E-state index in [-0.39, 0.29) is 35.9 Å². The summed E-state index contributed by atoms with van der Waals surface area (Å²) in [5.41, 5.74) is 1.23. The molecule has 0 radical (unpaired) electrons. The average Bonchev–Trinajstić information content (AvgIpc) is 3.52. The van der Waals surface area contributed by atoms with Crippen LogP contribution >= 0.6 is 24.0 Å². The molecule has 2 N–H and O–H groups in total. The first-order valence-electron chi connectivity index (χ1n) is 12.3. The largest absolute Gasteiger partial charge is 0.497 e. The van der Waals surface area contributed by atoms with Gasteiger partial charge < -0.3 is 25.2 Å². The zero-order chi connectivity index (χ0) is 22.3. The van der Waals surface area contributed by atoms with Crippen LogP contribution < -0.4 is 20.3 Å². The van der Waals surface area contributed by atoms with Crippen molar-refractivity contribution in [3.63, 3.8) is 0 Å². The van der Waals surface area contributed by atoms with Gasteiger partial charge in [0.05, 0.1) is 7.11 Å². The molecule has 2 aliphatic heterocycles. The van der Waals surface area contributed by atoms with Gasteiger partial charge in [-0.25, -0.2) is 0 Å². The molecule has 1 aliphatic carbocycles. The Morgan fingerprint density at radius 1 is 1.12 bits per heavy atom. The van der Waals surface area contributed by atoms with Crippen LogP contribution in [0.15, 0.2) is 29.3 Å². The highest BCUT2D eigenvalue weighted by molar-refractivity contribution is 14.0. The number of anilines is 1. The first-order chi connectivity index (χ1) is 15.7. The predicted octanol–water partition coefficient (Wildman–Crippen LogP) is 3.49. The summed E-state index contributed by atoms with van der Waals surface area (Å²) in [7, 11) is 3.54. The summed E-state index contributed by atoms with van der Waals surface area (Å²) in [5.74, 6) is 2.96. The topological polar surface area (TPSA) is 69.2 Å². The third-order valence-corrected chi connectivity index (χ3v) is 7.28. The first-order valence-corrected chi connectivity index (χ1v) is 12.3. The van der Waals surface area contributed by atoms with Crippen LogP contribution in [0.3, 0.4) is 0 Å². The van der Waals surface area contributed by atoms with Crippen molar-refractivity contribution in [1.29, 1.82) is 0 Å². The molecule has 0 bridgehead atoms. The van der Waals surface area contributed by atoms with Gasteiger partial charge in [0.15, 0.2) is 5.96 Å². The number of carbonyl (C=O) groups is 1. The third kappa shape index (κ3) is 6.90. The van der Waals surface area contributed by atoms with E-state index in [2.05, 4.69) is 43.6 Å². The maximum absolute atomic E-state index is 12.8. The van der Waals surface area contributed by atoms with Crippen molar-refractivity contribution in [3.05, 3.63) is 24.3 Å². The minimum absolute atomic E-state index is 0. The molecule has 7 nitrogen and oxygen atoms in total. The Hall–Kier alpha value is -1.71. The minimum Gasteiger partial charge on any atom is -0.497 e. The number of benzene rings is 1. The average molecular weight is 570 g/mol. The number of hydrogen-bond acceptors (Lipinski definition) is 4. The van der Waals surface area contributed by atoms with Gasteiger partial charge in [-0.15, -0.1) is 24.0 Å². The molecule has 0 aromatic heterocycles. The van der Waals surface area contributed by atoms with E-state index in [9.17, 15) is 4.79 Å². The van der Waals surface area contributed by atoms with E-state index in [1.165, 1.54) is 24.9 Å². The molecule has 33 heavy (non-hydrogen) atoms. The van der Waals surface area contributed by atoms with E-state index in [0.717, 1.165) is 70.1 Å². The molecule has 3 aliphatic rings. The van der Waals surface area contributed by atoms with Gasteiger partial charge in [-0.2, -0.15) is 0 Å². The van der Waals surface area contributed by atoms with Crippen LogP contribution in [0.4, 0.5) is 5.69 Å². The monoisotopic (exact) mass is 569 g/mol. The Labute approximate surface area is 215 Å². The molecule has 1 aromatic rings. The number of amides is 1. The molecule has 184 valence electrons. The van der Waals surface area contributed by atoms with Crippen molar-refractivity contribution in [2.24, 2.45) is 16.8 Å². The molecule has 1 saturated carbocycles. The number of likely N-dealkylation sites (tertiary alicyclic amines) is 1. The molecular formula is C25H40IN5O2. The minimum atomic E-state index is 0. The summed E-state index contributed by atoms with van der Waals surface area (Å²) in [6.07, 6.45) is 8.00. The molecule has 2 unspecified atom stereocenters. The normalized spacial score (nSPS) is 23.9. The Kier molecular flexibility index (Phi) is 9.94. The highest BCUT2D eigenvalue weighted by Gasteiger charge is 2.32. The second-order valence-corrected chi connectivity index (χ2v) is 9.50. The van der Waals surface area contributed by atoms with Crippen LogP contribution in [0.1, 0.15) is 44.9 Å². The Bertz CT molecular complexity index is 799. The zero-order valence-corrected chi connectivity index (χ0v) is 22.4. The molecule has 8 heteroatoms. The smallest absolute Gasteiger partial charge is 0.225 e. The number of hydrogen-bond donors (Lipinski definition) is 2. The quantitative estimate of drug-likeness (QED) is 0.312. The SMILES string of the molecule is CN=C(NCC1CCN(c2cccc(OC)c2)C1)NC1CCN(C(=O)C2CCCCC2)C1.I. The van der Waals surface area contributed by atoms with Crippen molar-refractivity contribution in [3.8, 4) is 5.75 Å². The van der Waals surface area contributed by atoms with Gasteiger partial charge in [-0.1, -0.05) is 25.3 Å². The van der Waals surface area contributed by atoms with Crippen LogP contribution in [0, 0.1) is 11.8 Å². The lowest BCUT2D eigenvalue weighted by atomic mass is 9.88. The standard InChI is InChI=1S/C25H39N5O2.HI/c1-26-25(28-21-12-14-30(18-21)24(31)20-7-4-3-5-8-20)27-16-19-11-13-29(17-19)22-9-6-10-23(15-22)32-2;/h6,9-10,15,19-21H,3-5,7-8,11-14,16-18H2,1-2H3,(H2,26,27,28);1H. The lowest BCUT2D eigenvalue weighted by Crippen LogP contribution is -2.46. The number of carbonyl (C=O) groups excluding carboxylic acids is 1. The number of halogens is 1. The van der Waals surface area contributed by atoms with E-state index >= 15 is 0 Å². The summed E-state index contributed by atoms with van der Waals surface area (Å²) in [6.45, 7) is 4.65. The predicted molar refractivity (Wildman–Crippen MR) is 145 cm³/mol. The summed E-state index contributed by atoms with van der Waals surface area (Å²) < 4.78 is 5.37. The Balaban J connectivity index is 0.00000306. The lowest BCUT2D eigenvalue weighted by molar-refractivity contribution is -0.135. The highest BCUT2D eigenvalue weighted by Crippen LogP contribution is 2.28. The van der Waals surface area contributed by atoms with Gasteiger partial charge in [0.25, 0.3) is 0 Å². The molecule has 0 spiro atoms. The first kappa shape index (κ1) is 25.9. The zero-order valence-electron chi connectivity index (χ0n) is 20.1. The van der Waals surface area contributed by atoms with E-state index in [0.29, 0.717) is 11.8 Å². The van der Waals surface area contributed by atoms with E-state index in [4.69, 9.17) is 4.74 Å². The summed E-state index contributed by atoms with van der Waals surface area (Å²) in [5, 5.41) is 7.07. The maximum atomic E-state index is 12.8. The van der Waals surface area contributed by atoms with E-state index < -0.39 is 0 Å². The number of nitrogens with one attached hydrogen (secondary N) is 2. The Morgan fingerprint density at radius 3 is 2.70 bits per heavy atom. The molecule has 2 heterocycles. The van der Waals surface area contributed by atoms with Crippen LogP contribution in [0.5, 0.6) is 5.75 Å². The molecule has 1 aromatic carbocycles. The van der Waals surface area contributed by atoms with Crippen molar-refractivity contribution >= 4 is 41.5 Å². The number of ether oxygens (including phenoxy) is 1. The van der Waals surface area contributed by atoms with Gasteiger partial charge in [-0.3, -0.25) is 9.79 Å². The second-order valence-electron chi connectivity index (χ2n) is 9.50. The number of rotatable bonds is 6. The number of aliphatic imine (C=N–C) groups is 1. The van der Waals surface area contributed by atoms with Crippen LogP contribution in [0.25, 0.3) is 0 Å². The van der Waals surface area contributed by atoms with Crippen LogP contribution in [-0.4, -0.2) is 69.7 Å². The molecule has 4 rings (SSSR count). The highest BCUT2D eigenvalue weighted by atomic mass is 127. The van der Waals surface area contributed by atoms with E-state index in [1.54, 1.807) is 7.11 Å². The molecule has 3 fully saturated rings. The van der Waals surface area contributed by atoms with Crippen molar-refractivity contribution < 1.29 is 9.53 Å². The van der Waals surface area contributed by atoms with Gasteiger partial charge in [0, 0.05) is 63.5 Å².